The molecule has 0 saturated carbocycles. The van der Waals surface area contributed by atoms with E-state index in [2.05, 4.69) is 0 Å². The summed E-state index contributed by atoms with van der Waals surface area (Å²) in [6.45, 7) is 2.21. The normalized spacial score (nSPS) is 28.8. The quantitative estimate of drug-likeness (QED) is 0.715. The van der Waals surface area contributed by atoms with Gasteiger partial charge in [0, 0.05) is 31.0 Å². The number of fused-ring (bicyclic) bond motifs is 2. The van der Waals surface area contributed by atoms with Crippen LogP contribution in [0.15, 0.2) is 29.2 Å². The van der Waals surface area contributed by atoms with Gasteiger partial charge in [-0.05, 0) is 44.7 Å². The van der Waals surface area contributed by atoms with Crippen molar-refractivity contribution < 1.29 is 22.7 Å². The number of piperidine rings is 1. The SMILES string of the molecule is CCOc1ccccc1S(=O)(=O)N1C2CCC1CC(N1C(=O)CCC1=O)C2. The summed E-state index contributed by atoms with van der Waals surface area (Å²) in [4.78, 5) is 25.8. The van der Waals surface area contributed by atoms with Crippen LogP contribution in [0, 0.1) is 0 Å². The van der Waals surface area contributed by atoms with Crippen LogP contribution in [-0.4, -0.2) is 54.2 Å². The van der Waals surface area contributed by atoms with Crippen molar-refractivity contribution in [1.82, 2.24) is 9.21 Å². The van der Waals surface area contributed by atoms with Crippen molar-refractivity contribution >= 4 is 21.8 Å². The topological polar surface area (TPSA) is 84.0 Å². The third-order valence-corrected chi connectivity index (χ3v) is 7.85. The summed E-state index contributed by atoms with van der Waals surface area (Å²) in [7, 11) is -3.70. The van der Waals surface area contributed by atoms with Crippen molar-refractivity contribution in [1.29, 1.82) is 0 Å². The van der Waals surface area contributed by atoms with Gasteiger partial charge in [0.15, 0.2) is 0 Å². The van der Waals surface area contributed by atoms with E-state index in [1.807, 2.05) is 6.92 Å². The number of ether oxygens (including phenoxy) is 1. The lowest BCUT2D eigenvalue weighted by Gasteiger charge is -2.40. The molecule has 7 nitrogen and oxygen atoms in total. The van der Waals surface area contributed by atoms with Gasteiger partial charge in [-0.15, -0.1) is 0 Å². The van der Waals surface area contributed by atoms with E-state index < -0.39 is 10.0 Å². The number of hydrogen-bond acceptors (Lipinski definition) is 5. The van der Waals surface area contributed by atoms with E-state index >= 15 is 0 Å². The number of likely N-dealkylation sites (tertiary alicyclic amines) is 1. The van der Waals surface area contributed by atoms with Gasteiger partial charge in [0.2, 0.25) is 21.8 Å². The summed E-state index contributed by atoms with van der Waals surface area (Å²) in [6, 6.07) is 6.16. The van der Waals surface area contributed by atoms with E-state index in [1.54, 1.807) is 28.6 Å². The molecule has 0 radical (unpaired) electrons. The molecule has 4 rings (SSSR count). The summed E-state index contributed by atoms with van der Waals surface area (Å²) in [5.74, 6) is 0.121. The molecule has 27 heavy (non-hydrogen) atoms. The number of nitrogens with zero attached hydrogens (tertiary/aromatic N) is 2. The molecule has 1 aromatic carbocycles. The molecular weight excluding hydrogens is 368 g/mol. The maximum atomic E-state index is 13.4. The highest BCUT2D eigenvalue weighted by atomic mass is 32.2. The minimum Gasteiger partial charge on any atom is -0.492 e. The number of carbonyl (C=O) groups is 2. The Morgan fingerprint density at radius 1 is 1.00 bits per heavy atom. The van der Waals surface area contributed by atoms with Gasteiger partial charge in [-0.1, -0.05) is 12.1 Å². The first kappa shape index (κ1) is 18.4. The van der Waals surface area contributed by atoms with E-state index in [1.165, 1.54) is 4.90 Å². The Hall–Kier alpha value is -1.93. The number of hydrogen-bond donors (Lipinski definition) is 0. The molecule has 3 aliphatic rings. The van der Waals surface area contributed by atoms with E-state index in [0.717, 1.165) is 12.8 Å². The summed E-state index contributed by atoms with van der Waals surface area (Å²) < 4.78 is 33.9. The number of carbonyl (C=O) groups excluding carboxylic acids is 2. The number of amides is 2. The van der Waals surface area contributed by atoms with Crippen molar-refractivity contribution in [2.45, 2.75) is 68.5 Å². The molecule has 2 amide bonds. The van der Waals surface area contributed by atoms with Crippen LogP contribution in [0.1, 0.15) is 45.4 Å². The molecule has 3 saturated heterocycles. The van der Waals surface area contributed by atoms with Crippen molar-refractivity contribution in [3.05, 3.63) is 24.3 Å². The van der Waals surface area contributed by atoms with Gasteiger partial charge in [-0.3, -0.25) is 14.5 Å². The zero-order valence-corrected chi connectivity index (χ0v) is 16.2. The third-order valence-electron chi connectivity index (χ3n) is 5.80. The Balaban J connectivity index is 1.61. The Labute approximate surface area is 159 Å². The van der Waals surface area contributed by atoms with Crippen molar-refractivity contribution in [3.8, 4) is 5.75 Å². The highest BCUT2D eigenvalue weighted by Gasteiger charge is 2.50. The molecule has 3 heterocycles. The van der Waals surface area contributed by atoms with E-state index in [-0.39, 0.29) is 47.7 Å². The number of para-hydroxylation sites is 1. The number of benzene rings is 1. The smallest absolute Gasteiger partial charge is 0.247 e. The standard InChI is InChI=1S/C19H24N2O5S/c1-2-26-16-5-3-4-6-17(16)27(24,25)21-13-7-8-14(21)12-15(11-13)20-18(22)9-10-19(20)23/h3-6,13-15H,2,7-12H2,1H3. The Morgan fingerprint density at radius 3 is 2.19 bits per heavy atom. The van der Waals surface area contributed by atoms with Crippen LogP contribution in [0.3, 0.4) is 0 Å². The first-order valence-corrected chi connectivity index (χ1v) is 11.0. The molecule has 146 valence electrons. The number of rotatable bonds is 5. The van der Waals surface area contributed by atoms with Crippen molar-refractivity contribution in [3.63, 3.8) is 0 Å². The average Bonchev–Trinajstić information content (AvgIpc) is 3.12. The summed E-state index contributed by atoms with van der Waals surface area (Å²) in [6.07, 6.45) is 3.09. The van der Waals surface area contributed by atoms with Gasteiger partial charge < -0.3 is 4.74 Å². The number of sulfonamides is 1. The second-order valence-corrected chi connectivity index (χ2v) is 9.19. The van der Waals surface area contributed by atoms with Crippen molar-refractivity contribution in [2.24, 2.45) is 0 Å². The van der Waals surface area contributed by atoms with Crippen LogP contribution in [0.5, 0.6) is 5.75 Å². The predicted octanol–water partition coefficient (Wildman–Crippen LogP) is 1.92. The van der Waals surface area contributed by atoms with Crippen LogP contribution in [0.2, 0.25) is 0 Å². The van der Waals surface area contributed by atoms with Crippen LogP contribution in [0.25, 0.3) is 0 Å². The molecule has 3 aliphatic heterocycles. The number of imide groups is 1. The first-order chi connectivity index (χ1) is 12.9. The zero-order valence-electron chi connectivity index (χ0n) is 15.3. The third kappa shape index (κ3) is 3.04. The second-order valence-electron chi connectivity index (χ2n) is 7.38. The van der Waals surface area contributed by atoms with Gasteiger partial charge in [-0.2, -0.15) is 4.31 Å². The average molecular weight is 392 g/mol. The molecule has 2 bridgehead atoms. The minimum atomic E-state index is -3.70. The molecular formula is C19H24N2O5S. The molecule has 0 aromatic heterocycles. The van der Waals surface area contributed by atoms with Crippen LogP contribution in [0.4, 0.5) is 0 Å². The molecule has 3 fully saturated rings. The molecule has 1 aromatic rings. The summed E-state index contributed by atoms with van der Waals surface area (Å²) in [5.41, 5.74) is 0. The van der Waals surface area contributed by atoms with Crippen LogP contribution >= 0.6 is 0 Å². The lowest BCUT2D eigenvalue weighted by molar-refractivity contribution is -0.142. The summed E-state index contributed by atoms with van der Waals surface area (Å²) in [5, 5.41) is 0. The van der Waals surface area contributed by atoms with Gasteiger partial charge in [0.25, 0.3) is 0 Å². The summed E-state index contributed by atoms with van der Waals surface area (Å²) >= 11 is 0. The largest absolute Gasteiger partial charge is 0.492 e. The Morgan fingerprint density at radius 2 is 1.59 bits per heavy atom. The lowest BCUT2D eigenvalue weighted by atomic mass is 9.98. The predicted molar refractivity (Wildman–Crippen MR) is 97.6 cm³/mol. The minimum absolute atomic E-state index is 0.123. The van der Waals surface area contributed by atoms with Gasteiger partial charge in [-0.25, -0.2) is 8.42 Å². The highest BCUT2D eigenvalue weighted by molar-refractivity contribution is 7.89. The van der Waals surface area contributed by atoms with E-state index in [9.17, 15) is 18.0 Å². The lowest BCUT2D eigenvalue weighted by Crippen LogP contribution is -2.53. The van der Waals surface area contributed by atoms with Gasteiger partial charge in [0.1, 0.15) is 10.6 Å². The monoisotopic (exact) mass is 392 g/mol. The highest BCUT2D eigenvalue weighted by Crippen LogP contribution is 2.43. The molecule has 0 N–H and O–H groups in total. The van der Waals surface area contributed by atoms with Gasteiger partial charge in [0.05, 0.1) is 6.61 Å². The fraction of sp³-hybridized carbons (Fsp3) is 0.579. The zero-order chi connectivity index (χ0) is 19.2. The molecule has 2 atom stereocenters. The second kappa shape index (κ2) is 6.91. The molecule has 0 spiro atoms. The molecule has 2 unspecified atom stereocenters. The maximum Gasteiger partial charge on any atom is 0.247 e. The Bertz CT molecular complexity index is 839. The van der Waals surface area contributed by atoms with Crippen LogP contribution < -0.4 is 4.74 Å². The molecule has 8 heteroatoms. The first-order valence-electron chi connectivity index (χ1n) is 9.53. The van der Waals surface area contributed by atoms with Gasteiger partial charge >= 0.3 is 0 Å². The van der Waals surface area contributed by atoms with Crippen LogP contribution in [-0.2, 0) is 19.6 Å². The fourth-order valence-corrected chi connectivity index (χ4v) is 6.79. The van der Waals surface area contributed by atoms with Crippen molar-refractivity contribution in [2.75, 3.05) is 6.61 Å². The molecule has 0 aliphatic carbocycles. The fourth-order valence-electron chi connectivity index (χ4n) is 4.76. The van der Waals surface area contributed by atoms with E-state index in [4.69, 9.17) is 4.74 Å². The Kier molecular flexibility index (Phi) is 4.71. The van der Waals surface area contributed by atoms with E-state index in [0.29, 0.717) is 25.2 Å². The maximum absolute atomic E-state index is 13.4.